The van der Waals surface area contributed by atoms with Gasteiger partial charge in [-0.2, -0.15) is 4.68 Å². The molecule has 3 aromatic rings. The van der Waals surface area contributed by atoms with Gasteiger partial charge in [-0.1, -0.05) is 42.1 Å². The third kappa shape index (κ3) is 5.41. The Labute approximate surface area is 172 Å². The fraction of sp³-hybridized carbons (Fsp3) is 0.250. The smallest absolute Gasteiger partial charge is 0.317 e. The van der Waals surface area contributed by atoms with Crippen LogP contribution in [0, 0.1) is 13.8 Å². The highest BCUT2D eigenvalue weighted by Crippen LogP contribution is 2.22. The third-order valence-electron chi connectivity index (χ3n) is 4.07. The molecule has 0 fully saturated rings. The van der Waals surface area contributed by atoms with Crippen LogP contribution in [-0.4, -0.2) is 43.9 Å². The number of rotatable bonds is 7. The van der Waals surface area contributed by atoms with Crippen LogP contribution in [0.15, 0.2) is 53.7 Å². The van der Waals surface area contributed by atoms with Crippen molar-refractivity contribution in [2.75, 3.05) is 11.1 Å². The Morgan fingerprint density at radius 1 is 1.17 bits per heavy atom. The van der Waals surface area contributed by atoms with Crippen LogP contribution in [0.4, 0.5) is 5.69 Å². The van der Waals surface area contributed by atoms with Gasteiger partial charge in [0.1, 0.15) is 0 Å². The van der Waals surface area contributed by atoms with E-state index in [0.29, 0.717) is 10.8 Å². The van der Waals surface area contributed by atoms with Gasteiger partial charge in [-0.25, -0.2) is 0 Å². The molecule has 1 atom stereocenters. The molecular weight excluding hydrogens is 390 g/mol. The Balaban J connectivity index is 1.57. The first kappa shape index (κ1) is 20.5. The maximum atomic E-state index is 12.2. The molecule has 0 unspecified atom stereocenters. The van der Waals surface area contributed by atoms with E-state index in [4.69, 9.17) is 4.74 Å². The van der Waals surface area contributed by atoms with Crippen molar-refractivity contribution < 1.29 is 14.3 Å². The van der Waals surface area contributed by atoms with Gasteiger partial charge in [0.05, 0.1) is 11.4 Å². The maximum absolute atomic E-state index is 12.2. The summed E-state index contributed by atoms with van der Waals surface area (Å²) in [5.41, 5.74) is 3.58. The summed E-state index contributed by atoms with van der Waals surface area (Å²) in [6.45, 7) is 5.48. The lowest BCUT2D eigenvalue weighted by atomic mass is 10.1. The van der Waals surface area contributed by atoms with E-state index in [0.717, 1.165) is 28.6 Å². The number of carbonyl (C=O) groups excluding carboxylic acids is 2. The number of tetrazole rings is 1. The van der Waals surface area contributed by atoms with Gasteiger partial charge < -0.3 is 10.1 Å². The van der Waals surface area contributed by atoms with Gasteiger partial charge in [-0.3, -0.25) is 9.59 Å². The summed E-state index contributed by atoms with van der Waals surface area (Å²) in [6.07, 6.45) is -0.918. The Hall–Kier alpha value is -3.20. The number of aromatic nitrogens is 4. The number of carbonyl (C=O) groups is 2. The predicted octanol–water partition coefficient (Wildman–Crippen LogP) is 2.94. The summed E-state index contributed by atoms with van der Waals surface area (Å²) < 4.78 is 6.81. The van der Waals surface area contributed by atoms with E-state index in [9.17, 15) is 9.59 Å². The summed E-state index contributed by atoms with van der Waals surface area (Å²) in [5, 5.41) is 14.9. The van der Waals surface area contributed by atoms with Crippen LogP contribution in [-0.2, 0) is 14.3 Å². The standard InChI is InChI=1S/C20H21N5O3S/c1-13-9-10-14(2)17(11-13)25-20(22-23-24-25)29-12-18(26)28-15(3)19(27)21-16-7-5-4-6-8-16/h4-11,15H,12H2,1-3H3,(H,21,27)/t15-/m0/s1. The average molecular weight is 411 g/mol. The second-order valence-electron chi connectivity index (χ2n) is 6.44. The molecule has 9 heteroatoms. The van der Waals surface area contributed by atoms with Crippen molar-refractivity contribution in [3.05, 3.63) is 59.7 Å². The van der Waals surface area contributed by atoms with E-state index in [1.54, 1.807) is 16.8 Å². The quantitative estimate of drug-likeness (QED) is 0.471. The first-order valence-corrected chi connectivity index (χ1v) is 9.97. The Morgan fingerprint density at radius 2 is 1.93 bits per heavy atom. The molecule has 29 heavy (non-hydrogen) atoms. The lowest BCUT2D eigenvalue weighted by Crippen LogP contribution is -2.30. The van der Waals surface area contributed by atoms with Gasteiger partial charge in [0, 0.05) is 5.69 Å². The zero-order valence-corrected chi connectivity index (χ0v) is 17.1. The van der Waals surface area contributed by atoms with Crippen LogP contribution in [0.1, 0.15) is 18.1 Å². The molecule has 8 nitrogen and oxygen atoms in total. The molecule has 0 bridgehead atoms. The SMILES string of the molecule is Cc1ccc(C)c(-n2nnnc2SCC(=O)O[C@@H](C)C(=O)Nc2ccccc2)c1. The molecular formula is C20H21N5O3S. The minimum Gasteiger partial charge on any atom is -0.452 e. The van der Waals surface area contributed by atoms with E-state index >= 15 is 0 Å². The first-order chi connectivity index (χ1) is 13.9. The minimum atomic E-state index is -0.918. The number of benzene rings is 2. The van der Waals surface area contributed by atoms with Crippen LogP contribution < -0.4 is 5.32 Å². The van der Waals surface area contributed by atoms with Crippen molar-refractivity contribution in [2.45, 2.75) is 32.0 Å². The number of amides is 1. The molecule has 1 heterocycles. The van der Waals surface area contributed by atoms with Crippen LogP contribution in [0.25, 0.3) is 5.69 Å². The van der Waals surface area contributed by atoms with Gasteiger partial charge in [0.25, 0.3) is 5.91 Å². The van der Waals surface area contributed by atoms with E-state index in [-0.39, 0.29) is 5.75 Å². The van der Waals surface area contributed by atoms with Gasteiger partial charge in [-0.05, 0) is 60.5 Å². The van der Waals surface area contributed by atoms with Crippen molar-refractivity contribution >= 4 is 29.3 Å². The third-order valence-corrected chi connectivity index (χ3v) is 4.96. The monoisotopic (exact) mass is 411 g/mol. The van der Waals surface area contributed by atoms with Gasteiger partial charge >= 0.3 is 5.97 Å². The normalized spacial score (nSPS) is 11.7. The topological polar surface area (TPSA) is 99.0 Å². The highest BCUT2D eigenvalue weighted by molar-refractivity contribution is 7.99. The van der Waals surface area contributed by atoms with Crippen LogP contribution in [0.5, 0.6) is 0 Å². The Kier molecular flexibility index (Phi) is 6.61. The second-order valence-corrected chi connectivity index (χ2v) is 7.38. The molecule has 0 aliphatic heterocycles. The van der Waals surface area contributed by atoms with E-state index in [2.05, 4.69) is 20.8 Å². The molecule has 0 aliphatic rings. The maximum Gasteiger partial charge on any atom is 0.317 e. The molecule has 150 valence electrons. The van der Waals surface area contributed by atoms with Crippen molar-refractivity contribution in [2.24, 2.45) is 0 Å². The highest BCUT2D eigenvalue weighted by Gasteiger charge is 2.19. The summed E-state index contributed by atoms with van der Waals surface area (Å²) in [5.74, 6) is -0.940. The molecule has 0 aliphatic carbocycles. The minimum absolute atomic E-state index is 0.0196. The summed E-state index contributed by atoms with van der Waals surface area (Å²) in [4.78, 5) is 24.3. The van der Waals surface area contributed by atoms with Crippen molar-refractivity contribution in [3.63, 3.8) is 0 Å². The number of hydrogen-bond donors (Lipinski definition) is 1. The number of para-hydroxylation sites is 1. The molecule has 0 saturated carbocycles. The zero-order valence-electron chi connectivity index (χ0n) is 16.3. The van der Waals surface area contributed by atoms with Crippen molar-refractivity contribution in [3.8, 4) is 5.69 Å². The molecule has 1 amide bonds. The zero-order chi connectivity index (χ0) is 20.8. The van der Waals surface area contributed by atoms with Crippen molar-refractivity contribution in [1.29, 1.82) is 0 Å². The fourth-order valence-corrected chi connectivity index (χ4v) is 3.21. The fourth-order valence-electron chi connectivity index (χ4n) is 2.54. The van der Waals surface area contributed by atoms with Crippen LogP contribution >= 0.6 is 11.8 Å². The highest BCUT2D eigenvalue weighted by atomic mass is 32.2. The largest absolute Gasteiger partial charge is 0.452 e. The number of esters is 1. The van der Waals surface area contributed by atoms with Gasteiger partial charge in [0.2, 0.25) is 5.16 Å². The van der Waals surface area contributed by atoms with E-state index in [1.807, 2.05) is 50.2 Å². The number of hydrogen-bond acceptors (Lipinski definition) is 7. The Morgan fingerprint density at radius 3 is 2.69 bits per heavy atom. The number of nitrogens with one attached hydrogen (secondary N) is 1. The van der Waals surface area contributed by atoms with Crippen LogP contribution in [0.3, 0.4) is 0 Å². The molecule has 0 spiro atoms. The molecule has 0 saturated heterocycles. The lowest BCUT2D eigenvalue weighted by Gasteiger charge is -2.13. The molecule has 2 aromatic carbocycles. The van der Waals surface area contributed by atoms with Gasteiger partial charge in [-0.15, -0.1) is 5.10 Å². The molecule has 1 aromatic heterocycles. The number of thioether (sulfide) groups is 1. The van der Waals surface area contributed by atoms with Crippen molar-refractivity contribution in [1.82, 2.24) is 20.2 Å². The number of aryl methyl sites for hydroxylation is 2. The first-order valence-electron chi connectivity index (χ1n) is 8.98. The van der Waals surface area contributed by atoms with Gasteiger partial charge in [0.15, 0.2) is 6.10 Å². The van der Waals surface area contributed by atoms with Crippen LogP contribution in [0.2, 0.25) is 0 Å². The second kappa shape index (κ2) is 9.33. The van der Waals surface area contributed by atoms with E-state index < -0.39 is 18.0 Å². The molecule has 0 radical (unpaired) electrons. The summed E-state index contributed by atoms with van der Waals surface area (Å²) in [7, 11) is 0. The molecule has 3 rings (SSSR count). The lowest BCUT2D eigenvalue weighted by molar-refractivity contribution is -0.150. The number of nitrogens with zero attached hydrogens (tertiary/aromatic N) is 4. The summed E-state index contributed by atoms with van der Waals surface area (Å²) in [6, 6.07) is 15.0. The number of anilines is 1. The Bertz CT molecular complexity index is 1010. The number of ether oxygens (including phenoxy) is 1. The van der Waals surface area contributed by atoms with E-state index in [1.165, 1.54) is 6.92 Å². The average Bonchev–Trinajstić information content (AvgIpc) is 3.17. The molecule has 1 N–H and O–H groups in total. The summed E-state index contributed by atoms with van der Waals surface area (Å²) >= 11 is 1.15. The predicted molar refractivity (Wildman–Crippen MR) is 110 cm³/mol.